The third-order valence-electron chi connectivity index (χ3n) is 11.1. The van der Waals surface area contributed by atoms with Crippen LogP contribution in [0.3, 0.4) is 0 Å². The van der Waals surface area contributed by atoms with E-state index >= 15 is 0 Å². The average Bonchev–Trinajstić information content (AvgIpc) is 4.11. The predicted octanol–water partition coefficient (Wildman–Crippen LogP) is 12.8. The molecule has 0 radical (unpaired) electrons. The van der Waals surface area contributed by atoms with Gasteiger partial charge in [0, 0.05) is 41.4 Å². The maximum Gasteiger partial charge on any atom is 0.419 e. The van der Waals surface area contributed by atoms with Crippen molar-refractivity contribution in [2.45, 2.75) is 6.61 Å². The quantitative estimate of drug-likeness (QED) is 0.129. The van der Waals surface area contributed by atoms with Crippen LogP contribution in [-0.2, 0) is 11.3 Å². The molecule has 10 aromatic rings. The number of Topliss-reactive ketones (excluding diaryl/α,β-unsaturated/α-hetero) is 4. The first-order valence-electron chi connectivity index (χ1n) is 18.6. The van der Waals surface area contributed by atoms with E-state index in [1.54, 1.807) is 63.7 Å². The van der Waals surface area contributed by atoms with E-state index in [2.05, 4.69) is 0 Å². The molecule has 0 fully saturated rings. The second kappa shape index (κ2) is 12.7. The molecule has 0 N–H and O–H groups in total. The van der Waals surface area contributed by atoms with Crippen LogP contribution >= 0.6 is 45.3 Å². The molecule has 5 aromatic heterocycles. The van der Waals surface area contributed by atoms with Crippen molar-refractivity contribution in [3.05, 3.63) is 164 Å². The molecule has 0 atom stereocenters. The molecule has 0 saturated heterocycles. The number of fused-ring (bicyclic) bond motifs is 11. The van der Waals surface area contributed by atoms with Crippen LogP contribution in [0, 0.1) is 0 Å². The number of rotatable bonds is 4. The minimum atomic E-state index is -0.540. The second-order valence-corrected chi connectivity index (χ2v) is 18.8. The lowest BCUT2D eigenvalue weighted by molar-refractivity contribution is 0.0975. The molecule has 0 bridgehead atoms. The van der Waals surface area contributed by atoms with Crippen LogP contribution in [0.25, 0.3) is 72.9 Å². The minimum Gasteiger partial charge on any atom is -0.444 e. The summed E-state index contributed by atoms with van der Waals surface area (Å²) in [6.07, 6.45) is 2.80. The van der Waals surface area contributed by atoms with Gasteiger partial charge in [0.05, 0.1) is 41.0 Å². The smallest absolute Gasteiger partial charge is 0.419 e. The van der Waals surface area contributed by atoms with Crippen LogP contribution < -0.4 is 0 Å². The molecule has 0 amide bonds. The van der Waals surface area contributed by atoms with E-state index in [9.17, 15) is 24.0 Å². The summed E-state index contributed by atoms with van der Waals surface area (Å²) in [5, 5.41) is 3.60. The van der Waals surface area contributed by atoms with E-state index in [0.717, 1.165) is 65.1 Å². The Hall–Kier alpha value is -6.63. The van der Waals surface area contributed by atoms with Gasteiger partial charge in [0.2, 0.25) is 0 Å². The van der Waals surface area contributed by atoms with Gasteiger partial charge in [-0.2, -0.15) is 0 Å². The van der Waals surface area contributed by atoms with Crippen molar-refractivity contribution in [2.75, 3.05) is 0 Å². The summed E-state index contributed by atoms with van der Waals surface area (Å²) in [5.74, 6) is -1.18. The van der Waals surface area contributed by atoms with Gasteiger partial charge in [0.15, 0.2) is 23.1 Å². The molecule has 0 spiro atoms. The van der Waals surface area contributed by atoms with Crippen LogP contribution in [-0.4, -0.2) is 33.8 Å². The maximum atomic E-state index is 14.3. The number of nitrogens with zero attached hydrogens (tertiary/aromatic N) is 1. The first-order valence-corrected chi connectivity index (χ1v) is 21.9. The molecule has 0 aliphatic heterocycles. The molecule has 5 aromatic carbocycles. The first-order chi connectivity index (χ1) is 28.8. The number of aromatic nitrogens is 1. The van der Waals surface area contributed by atoms with E-state index < -0.39 is 6.09 Å². The molecule has 2 aliphatic rings. The average molecular weight is 838 g/mol. The fourth-order valence-electron chi connectivity index (χ4n) is 8.29. The first kappa shape index (κ1) is 34.4. The zero-order valence-corrected chi connectivity index (χ0v) is 33.6. The normalized spacial score (nSPS) is 14.0. The number of ether oxygens (including phenoxy) is 1. The van der Waals surface area contributed by atoms with Gasteiger partial charge in [-0.15, -0.1) is 45.3 Å². The Bertz CT molecular complexity index is 3340. The topological polar surface area (TPSA) is 99.5 Å². The number of benzene rings is 5. The SMILES string of the molecule is O=C1C(=Cc2cc3sc4c5sc6cc(C=C7C(=O)c8cc9ccccc9cc8C7=O)sc6c5n(C(=O)OCc5ccccc5)c4c3s2)C(=O)c2cc3ccccc3cc21. The molecule has 12 rings (SSSR count). The van der Waals surface area contributed by atoms with Crippen molar-refractivity contribution in [3.63, 3.8) is 0 Å². The van der Waals surface area contributed by atoms with Crippen LogP contribution in [0.5, 0.6) is 0 Å². The molecule has 2 aliphatic carbocycles. The number of hydrogen-bond donors (Lipinski definition) is 0. The fraction of sp³-hybridized carbons (Fsp3) is 0.0208. The molecule has 0 saturated carbocycles. The summed E-state index contributed by atoms with van der Waals surface area (Å²) in [5.41, 5.74) is 4.13. The predicted molar refractivity (Wildman–Crippen MR) is 239 cm³/mol. The van der Waals surface area contributed by atoms with Crippen LogP contribution in [0.15, 0.2) is 126 Å². The number of ketones is 4. The van der Waals surface area contributed by atoms with Gasteiger partial charge in [-0.05, 0) is 75.7 Å². The van der Waals surface area contributed by atoms with Gasteiger partial charge in [-0.3, -0.25) is 19.2 Å². The monoisotopic (exact) mass is 837 g/mol. The van der Waals surface area contributed by atoms with Crippen molar-refractivity contribution < 1.29 is 28.7 Å². The van der Waals surface area contributed by atoms with E-state index in [4.69, 9.17) is 4.74 Å². The van der Waals surface area contributed by atoms with Crippen molar-refractivity contribution in [1.29, 1.82) is 0 Å². The summed E-state index contributed by atoms with van der Waals surface area (Å²) < 4.78 is 13.0. The Balaban J connectivity index is 0.977. The lowest BCUT2D eigenvalue weighted by Crippen LogP contribution is -2.13. The van der Waals surface area contributed by atoms with Crippen molar-refractivity contribution in [2.24, 2.45) is 0 Å². The molecule has 11 heteroatoms. The summed E-state index contributed by atoms with van der Waals surface area (Å²) in [4.78, 5) is 70.3. The zero-order chi connectivity index (χ0) is 39.7. The van der Waals surface area contributed by atoms with Crippen molar-refractivity contribution in [3.8, 4) is 0 Å². The maximum absolute atomic E-state index is 14.3. The van der Waals surface area contributed by atoms with E-state index in [1.807, 2.05) is 91.0 Å². The van der Waals surface area contributed by atoms with Gasteiger partial charge in [-0.1, -0.05) is 78.9 Å². The van der Waals surface area contributed by atoms with Crippen LogP contribution in [0.2, 0.25) is 0 Å². The second-order valence-electron chi connectivity index (χ2n) is 14.5. The van der Waals surface area contributed by atoms with Gasteiger partial charge in [0.25, 0.3) is 0 Å². The zero-order valence-electron chi connectivity index (χ0n) is 30.4. The lowest BCUT2D eigenvalue weighted by atomic mass is 10.0. The number of carbonyl (C=O) groups is 5. The molecule has 59 heavy (non-hydrogen) atoms. The van der Waals surface area contributed by atoms with Gasteiger partial charge in [-0.25, -0.2) is 9.36 Å². The molecule has 0 unspecified atom stereocenters. The summed E-state index contributed by atoms with van der Waals surface area (Å²) in [6.45, 7) is 0.0740. The highest BCUT2D eigenvalue weighted by Gasteiger charge is 2.35. The van der Waals surface area contributed by atoms with E-state index in [1.165, 1.54) is 22.7 Å². The third-order valence-corrected chi connectivity index (χ3v) is 15.9. The number of allylic oxidation sites excluding steroid dienone is 2. The molecule has 280 valence electrons. The number of thiophene rings is 4. The van der Waals surface area contributed by atoms with Crippen LogP contribution in [0.4, 0.5) is 4.79 Å². The number of carbonyl (C=O) groups excluding carboxylic acids is 5. The molecule has 5 heterocycles. The Morgan fingerprint density at radius 1 is 0.492 bits per heavy atom. The Kier molecular flexibility index (Phi) is 7.40. The largest absolute Gasteiger partial charge is 0.444 e. The third kappa shape index (κ3) is 5.12. The lowest BCUT2D eigenvalue weighted by Gasteiger charge is -2.07. The Labute approximate surface area is 349 Å². The highest BCUT2D eigenvalue weighted by atomic mass is 32.1. The van der Waals surface area contributed by atoms with E-state index in [0.29, 0.717) is 33.3 Å². The Morgan fingerprint density at radius 3 is 1.29 bits per heavy atom. The minimum absolute atomic E-state index is 0.0740. The van der Waals surface area contributed by atoms with Gasteiger partial charge in [0.1, 0.15) is 6.61 Å². The van der Waals surface area contributed by atoms with Crippen molar-refractivity contribution >= 4 is 148 Å². The standard InChI is InChI=1S/C48H23NO6S4/c50-40-30-14-24-10-4-5-11-25(24)15-31(30)41(51)34(40)18-28-20-36-44(56-28)38-46(58-36)47-39(49(38)48(54)55-22-23-8-2-1-3-9-23)45-37(59-47)21-29(57-45)19-35-42(52)32-16-26-12-6-7-13-27(26)17-33(32)43(35)53/h1-21H,22H2. The summed E-state index contributed by atoms with van der Waals surface area (Å²) >= 11 is 5.95. The van der Waals surface area contributed by atoms with Gasteiger partial charge >= 0.3 is 6.09 Å². The van der Waals surface area contributed by atoms with E-state index in [-0.39, 0.29) is 40.9 Å². The van der Waals surface area contributed by atoms with Crippen molar-refractivity contribution in [1.82, 2.24) is 4.57 Å². The molecular weight excluding hydrogens is 815 g/mol. The summed E-state index contributed by atoms with van der Waals surface area (Å²) in [6, 6.07) is 35.9. The van der Waals surface area contributed by atoms with Crippen LogP contribution in [0.1, 0.15) is 56.7 Å². The Morgan fingerprint density at radius 2 is 0.881 bits per heavy atom. The highest BCUT2D eigenvalue weighted by Crippen LogP contribution is 2.51. The molecule has 7 nitrogen and oxygen atoms in total. The molecular formula is C48H23NO6S4. The number of hydrogen-bond acceptors (Lipinski definition) is 10. The van der Waals surface area contributed by atoms with Gasteiger partial charge < -0.3 is 4.74 Å². The highest BCUT2D eigenvalue weighted by molar-refractivity contribution is 7.39. The summed E-state index contributed by atoms with van der Waals surface area (Å²) in [7, 11) is 0. The fourth-order valence-corrected chi connectivity index (χ4v) is 13.5.